The Labute approximate surface area is 95.1 Å². The zero-order valence-corrected chi connectivity index (χ0v) is 9.45. The summed E-state index contributed by atoms with van der Waals surface area (Å²) in [6.07, 6.45) is 3.98. The normalized spacial score (nSPS) is 24.9. The lowest BCUT2D eigenvalue weighted by atomic mass is 9.76. The lowest BCUT2D eigenvalue weighted by Gasteiger charge is -2.42. The van der Waals surface area contributed by atoms with E-state index >= 15 is 0 Å². The first-order valence-electron chi connectivity index (χ1n) is 5.90. The first-order valence-corrected chi connectivity index (χ1v) is 5.90. The van der Waals surface area contributed by atoms with E-state index in [0.717, 1.165) is 19.3 Å². The molecule has 0 spiro atoms. The highest BCUT2D eigenvalue weighted by atomic mass is 16.2. The third kappa shape index (κ3) is 1.91. The van der Waals surface area contributed by atoms with Crippen LogP contribution in [0.25, 0.3) is 0 Å². The van der Waals surface area contributed by atoms with Gasteiger partial charge in [0, 0.05) is 19.0 Å². The first-order chi connectivity index (χ1) is 7.53. The van der Waals surface area contributed by atoms with Crippen molar-refractivity contribution in [2.45, 2.75) is 37.6 Å². The van der Waals surface area contributed by atoms with E-state index < -0.39 is 5.54 Å². The van der Waals surface area contributed by atoms with E-state index in [2.05, 4.69) is 0 Å². The molecule has 2 rings (SSSR count). The maximum atomic E-state index is 12.1. The van der Waals surface area contributed by atoms with Gasteiger partial charge in [-0.15, -0.1) is 0 Å². The summed E-state index contributed by atoms with van der Waals surface area (Å²) in [5.41, 5.74) is 10.6. The Morgan fingerprint density at radius 3 is 2.12 bits per heavy atom. The predicted molar refractivity (Wildman–Crippen MR) is 59.3 cm³/mol. The fraction of sp³-hybridized carbons (Fsp3) is 0.818. The fourth-order valence-corrected chi connectivity index (χ4v) is 2.45. The van der Waals surface area contributed by atoms with Gasteiger partial charge in [0.25, 0.3) is 0 Å². The highest BCUT2D eigenvalue weighted by Crippen LogP contribution is 2.32. The summed E-state index contributed by atoms with van der Waals surface area (Å²) in [6.45, 7) is 1.23. The molecule has 0 aromatic carbocycles. The Kier molecular flexibility index (Phi) is 2.88. The summed E-state index contributed by atoms with van der Waals surface area (Å²) in [5.74, 6) is -0.265. The van der Waals surface area contributed by atoms with E-state index in [1.165, 1.54) is 0 Å². The summed E-state index contributed by atoms with van der Waals surface area (Å²) in [6, 6.07) is 0. The third-order valence-electron chi connectivity index (χ3n) is 3.86. The number of hydrogen-bond acceptors (Lipinski definition) is 3. The van der Waals surface area contributed by atoms with Crippen LogP contribution in [-0.4, -0.2) is 35.3 Å². The Morgan fingerprint density at radius 2 is 1.75 bits per heavy atom. The van der Waals surface area contributed by atoms with E-state index in [-0.39, 0.29) is 17.7 Å². The van der Waals surface area contributed by atoms with Gasteiger partial charge in [-0.05, 0) is 32.1 Å². The molecule has 1 saturated heterocycles. The first kappa shape index (κ1) is 11.4. The average molecular weight is 225 g/mol. The van der Waals surface area contributed by atoms with Gasteiger partial charge in [0.1, 0.15) is 0 Å². The average Bonchev–Trinajstić information content (AvgIpc) is 2.25. The number of nitrogens with two attached hydrogens (primary N) is 2. The van der Waals surface area contributed by atoms with Gasteiger partial charge in [0.15, 0.2) is 0 Å². The molecule has 0 aromatic heterocycles. The molecule has 2 amide bonds. The summed E-state index contributed by atoms with van der Waals surface area (Å²) in [5, 5.41) is 0. The summed E-state index contributed by atoms with van der Waals surface area (Å²) in [7, 11) is 0. The minimum absolute atomic E-state index is 0.0571. The van der Waals surface area contributed by atoms with Crippen LogP contribution >= 0.6 is 0 Å². The van der Waals surface area contributed by atoms with Gasteiger partial charge in [0.2, 0.25) is 11.8 Å². The second-order valence-electron chi connectivity index (χ2n) is 4.98. The molecule has 1 heterocycles. The van der Waals surface area contributed by atoms with Crippen LogP contribution in [0.2, 0.25) is 0 Å². The largest absolute Gasteiger partial charge is 0.369 e. The maximum absolute atomic E-state index is 12.1. The molecule has 2 fully saturated rings. The van der Waals surface area contributed by atoms with Crippen LogP contribution in [0, 0.1) is 5.92 Å². The second-order valence-corrected chi connectivity index (χ2v) is 4.98. The van der Waals surface area contributed by atoms with Crippen molar-refractivity contribution in [3.8, 4) is 0 Å². The van der Waals surface area contributed by atoms with Crippen molar-refractivity contribution in [2.24, 2.45) is 17.4 Å². The number of amides is 2. The molecule has 5 heteroatoms. The molecule has 4 N–H and O–H groups in total. The molecule has 0 radical (unpaired) electrons. The van der Waals surface area contributed by atoms with Crippen molar-refractivity contribution in [1.29, 1.82) is 0 Å². The predicted octanol–water partition coefficient (Wildman–Crippen LogP) is -0.408. The summed E-state index contributed by atoms with van der Waals surface area (Å²) in [4.78, 5) is 24.8. The number of piperidine rings is 1. The third-order valence-corrected chi connectivity index (χ3v) is 3.86. The monoisotopic (exact) mass is 225 g/mol. The SMILES string of the molecule is NC(=O)C1CCN(C(=O)C2(N)CCC2)CC1. The van der Waals surface area contributed by atoms with Gasteiger partial charge in [-0.2, -0.15) is 0 Å². The number of nitrogens with zero attached hydrogens (tertiary/aromatic N) is 1. The highest BCUT2D eigenvalue weighted by Gasteiger charge is 2.43. The van der Waals surface area contributed by atoms with E-state index in [0.29, 0.717) is 25.9 Å². The minimum atomic E-state index is -0.612. The zero-order chi connectivity index (χ0) is 11.8. The van der Waals surface area contributed by atoms with Crippen molar-refractivity contribution in [1.82, 2.24) is 4.90 Å². The van der Waals surface area contributed by atoms with Gasteiger partial charge in [-0.25, -0.2) is 0 Å². The summed E-state index contributed by atoms with van der Waals surface area (Å²) >= 11 is 0. The van der Waals surface area contributed by atoms with Crippen molar-refractivity contribution in [2.75, 3.05) is 13.1 Å². The lowest BCUT2D eigenvalue weighted by Crippen LogP contribution is -2.60. The molecule has 0 bridgehead atoms. The minimum Gasteiger partial charge on any atom is -0.369 e. The molecule has 90 valence electrons. The van der Waals surface area contributed by atoms with Gasteiger partial charge < -0.3 is 16.4 Å². The molecule has 1 aliphatic heterocycles. The quantitative estimate of drug-likeness (QED) is 0.669. The van der Waals surface area contributed by atoms with Crippen LogP contribution in [0.15, 0.2) is 0 Å². The smallest absolute Gasteiger partial charge is 0.242 e. The number of carbonyl (C=O) groups excluding carboxylic acids is 2. The van der Waals surface area contributed by atoms with E-state index in [1.54, 1.807) is 4.90 Å². The molecule has 0 aromatic rings. The van der Waals surface area contributed by atoms with Gasteiger partial charge in [-0.1, -0.05) is 0 Å². The van der Waals surface area contributed by atoms with Crippen LogP contribution in [0.3, 0.4) is 0 Å². The number of rotatable bonds is 2. The Morgan fingerprint density at radius 1 is 1.19 bits per heavy atom. The van der Waals surface area contributed by atoms with Crippen molar-refractivity contribution >= 4 is 11.8 Å². The van der Waals surface area contributed by atoms with E-state index in [9.17, 15) is 9.59 Å². The molecule has 1 aliphatic carbocycles. The summed E-state index contributed by atoms with van der Waals surface area (Å²) < 4.78 is 0. The van der Waals surface area contributed by atoms with Gasteiger partial charge in [-0.3, -0.25) is 9.59 Å². The van der Waals surface area contributed by atoms with Crippen molar-refractivity contribution in [3.05, 3.63) is 0 Å². The number of likely N-dealkylation sites (tertiary alicyclic amines) is 1. The second kappa shape index (κ2) is 4.05. The van der Waals surface area contributed by atoms with Crippen molar-refractivity contribution in [3.63, 3.8) is 0 Å². The molecular formula is C11H19N3O2. The topological polar surface area (TPSA) is 89.4 Å². The lowest BCUT2D eigenvalue weighted by molar-refractivity contribution is -0.142. The number of hydrogen-bond donors (Lipinski definition) is 2. The zero-order valence-electron chi connectivity index (χ0n) is 9.45. The van der Waals surface area contributed by atoms with Gasteiger partial charge in [0.05, 0.1) is 5.54 Å². The standard InChI is InChI=1S/C11H19N3O2/c12-9(15)8-2-6-14(7-3-8)10(16)11(13)4-1-5-11/h8H,1-7,13H2,(H2,12,15). The number of carbonyl (C=O) groups is 2. The van der Waals surface area contributed by atoms with Crippen LogP contribution in [0.1, 0.15) is 32.1 Å². The molecule has 2 aliphatic rings. The molecule has 1 saturated carbocycles. The fourth-order valence-electron chi connectivity index (χ4n) is 2.45. The molecule has 0 unspecified atom stereocenters. The Bertz CT molecular complexity index is 304. The van der Waals surface area contributed by atoms with E-state index in [1.807, 2.05) is 0 Å². The van der Waals surface area contributed by atoms with E-state index in [4.69, 9.17) is 11.5 Å². The van der Waals surface area contributed by atoms with Crippen LogP contribution in [0.4, 0.5) is 0 Å². The van der Waals surface area contributed by atoms with Crippen LogP contribution in [0.5, 0.6) is 0 Å². The van der Waals surface area contributed by atoms with Crippen LogP contribution in [-0.2, 0) is 9.59 Å². The Hall–Kier alpha value is -1.10. The highest BCUT2D eigenvalue weighted by molar-refractivity contribution is 5.87. The van der Waals surface area contributed by atoms with Crippen LogP contribution < -0.4 is 11.5 Å². The molecule has 16 heavy (non-hydrogen) atoms. The molecule has 5 nitrogen and oxygen atoms in total. The Balaban J connectivity index is 1.89. The van der Waals surface area contributed by atoms with Gasteiger partial charge >= 0.3 is 0 Å². The molecular weight excluding hydrogens is 206 g/mol. The molecule has 0 atom stereocenters. The maximum Gasteiger partial charge on any atom is 0.242 e. The van der Waals surface area contributed by atoms with Crippen molar-refractivity contribution < 1.29 is 9.59 Å². The number of primary amides is 1.